The van der Waals surface area contributed by atoms with Crippen LogP contribution in [0.5, 0.6) is 0 Å². The van der Waals surface area contributed by atoms with Crippen LogP contribution in [0.2, 0.25) is 0 Å². The molecule has 0 fully saturated rings. The van der Waals surface area contributed by atoms with E-state index in [9.17, 15) is 4.79 Å². The maximum absolute atomic E-state index is 11.7. The van der Waals surface area contributed by atoms with Gasteiger partial charge in [-0.05, 0) is 14.1 Å². The molecule has 0 bridgehead atoms. The van der Waals surface area contributed by atoms with E-state index in [0.717, 1.165) is 6.54 Å². The molecule has 12 heavy (non-hydrogen) atoms. The Hall–Kier alpha value is -0.370. The highest BCUT2D eigenvalue weighted by atomic mass is 16.1. The topological polar surface area (TPSA) is 20.3 Å². The van der Waals surface area contributed by atoms with E-state index < -0.39 is 0 Å². The van der Waals surface area contributed by atoms with Crippen molar-refractivity contribution in [2.75, 3.05) is 20.6 Å². The third kappa shape index (κ3) is 3.35. The van der Waals surface area contributed by atoms with E-state index in [1.165, 1.54) is 0 Å². The minimum atomic E-state index is -0.211. The summed E-state index contributed by atoms with van der Waals surface area (Å²) in [7, 11) is 3.99. The third-order valence-corrected chi connectivity index (χ3v) is 1.90. The largest absolute Gasteiger partial charge is 0.308 e. The summed E-state index contributed by atoms with van der Waals surface area (Å²) in [4.78, 5) is 13.7. The molecule has 0 saturated heterocycles. The van der Waals surface area contributed by atoms with E-state index in [-0.39, 0.29) is 11.3 Å². The summed E-state index contributed by atoms with van der Waals surface area (Å²) < 4.78 is 0. The van der Waals surface area contributed by atoms with Gasteiger partial charge in [-0.15, -0.1) is 0 Å². The van der Waals surface area contributed by atoms with Gasteiger partial charge in [0.2, 0.25) is 0 Å². The van der Waals surface area contributed by atoms with E-state index in [1.54, 1.807) is 0 Å². The molecular weight excluding hydrogens is 150 g/mol. The summed E-state index contributed by atoms with van der Waals surface area (Å²) in [6.45, 7) is 8.76. The molecule has 2 nitrogen and oxygen atoms in total. The molecule has 0 aliphatic carbocycles. The Morgan fingerprint density at radius 3 is 2.00 bits per heavy atom. The van der Waals surface area contributed by atoms with Gasteiger partial charge in [-0.1, -0.05) is 27.7 Å². The maximum Gasteiger partial charge on any atom is 0.142 e. The third-order valence-electron chi connectivity index (χ3n) is 1.90. The second kappa shape index (κ2) is 4.04. The summed E-state index contributed by atoms with van der Waals surface area (Å²) in [5.74, 6) is 0.483. The van der Waals surface area contributed by atoms with Gasteiger partial charge in [0.05, 0.1) is 0 Å². The average Bonchev–Trinajstić information content (AvgIpc) is 1.82. The molecule has 0 rings (SSSR count). The van der Waals surface area contributed by atoms with Crippen LogP contribution < -0.4 is 0 Å². The van der Waals surface area contributed by atoms with Crippen molar-refractivity contribution >= 4 is 5.78 Å². The summed E-state index contributed by atoms with van der Waals surface area (Å²) in [5.41, 5.74) is -0.211. The van der Waals surface area contributed by atoms with Crippen molar-refractivity contribution in [1.82, 2.24) is 4.90 Å². The Balaban J connectivity index is 4.29. The highest BCUT2D eigenvalue weighted by molar-refractivity contribution is 5.85. The van der Waals surface area contributed by atoms with Crippen molar-refractivity contribution < 1.29 is 4.79 Å². The molecule has 0 saturated carbocycles. The first kappa shape index (κ1) is 11.6. The highest BCUT2D eigenvalue weighted by Crippen LogP contribution is 2.21. The molecule has 0 amide bonds. The zero-order valence-electron chi connectivity index (χ0n) is 9.14. The van der Waals surface area contributed by atoms with Gasteiger partial charge in [0, 0.05) is 17.9 Å². The van der Waals surface area contributed by atoms with Gasteiger partial charge in [-0.2, -0.15) is 0 Å². The van der Waals surface area contributed by atoms with Crippen LogP contribution in [0, 0.1) is 11.3 Å². The predicted octanol–water partition coefficient (Wildman–Crippen LogP) is 1.80. The Bertz CT molecular complexity index is 159. The Morgan fingerprint density at radius 2 is 1.75 bits per heavy atom. The van der Waals surface area contributed by atoms with Gasteiger partial charge in [0.25, 0.3) is 0 Å². The lowest BCUT2D eigenvalue weighted by atomic mass is 9.82. The summed E-state index contributed by atoms with van der Waals surface area (Å²) in [6, 6.07) is 0. The van der Waals surface area contributed by atoms with Crippen molar-refractivity contribution in [2.45, 2.75) is 27.7 Å². The standard InChI is InChI=1S/C10H21NO/c1-8(2)9(12)10(3,4)7-11(5)6/h8H,7H2,1-6H3. The van der Waals surface area contributed by atoms with Crippen molar-refractivity contribution in [3.05, 3.63) is 0 Å². The van der Waals surface area contributed by atoms with E-state index in [2.05, 4.69) is 4.90 Å². The fourth-order valence-electron chi connectivity index (χ4n) is 1.65. The van der Waals surface area contributed by atoms with Crippen molar-refractivity contribution in [3.63, 3.8) is 0 Å². The number of hydrogen-bond donors (Lipinski definition) is 0. The van der Waals surface area contributed by atoms with Gasteiger partial charge in [0.15, 0.2) is 0 Å². The van der Waals surface area contributed by atoms with Crippen LogP contribution in [-0.4, -0.2) is 31.3 Å². The fourth-order valence-corrected chi connectivity index (χ4v) is 1.65. The smallest absolute Gasteiger partial charge is 0.142 e. The molecule has 0 aromatic heterocycles. The molecule has 0 aromatic rings. The van der Waals surface area contributed by atoms with Crippen molar-refractivity contribution in [2.24, 2.45) is 11.3 Å². The first-order chi connectivity index (χ1) is 5.27. The van der Waals surface area contributed by atoms with E-state index in [1.807, 2.05) is 41.8 Å². The molecule has 0 unspecified atom stereocenters. The van der Waals surface area contributed by atoms with Crippen LogP contribution in [0.4, 0.5) is 0 Å². The second-order valence-electron chi connectivity index (χ2n) is 4.64. The van der Waals surface area contributed by atoms with Gasteiger partial charge < -0.3 is 4.90 Å². The molecule has 0 aliphatic rings. The first-order valence-corrected chi connectivity index (χ1v) is 4.46. The molecule has 0 N–H and O–H groups in total. The van der Waals surface area contributed by atoms with E-state index >= 15 is 0 Å². The minimum Gasteiger partial charge on any atom is -0.308 e. The van der Waals surface area contributed by atoms with Gasteiger partial charge in [0.1, 0.15) is 5.78 Å². The molecule has 0 heterocycles. The SMILES string of the molecule is CC(C)C(=O)C(C)(C)CN(C)C. The molecule has 0 spiro atoms. The first-order valence-electron chi connectivity index (χ1n) is 4.46. The minimum absolute atomic E-state index is 0.139. The number of Topliss-reactive ketones (excluding diaryl/α,β-unsaturated/α-hetero) is 1. The number of ketones is 1. The van der Waals surface area contributed by atoms with Gasteiger partial charge >= 0.3 is 0 Å². The quantitative estimate of drug-likeness (QED) is 0.643. The number of carbonyl (C=O) groups is 1. The Morgan fingerprint density at radius 1 is 1.33 bits per heavy atom. The Labute approximate surface area is 75.9 Å². The lowest BCUT2D eigenvalue weighted by molar-refractivity contribution is -0.130. The molecule has 0 aromatic carbocycles. The van der Waals surface area contributed by atoms with Crippen LogP contribution in [0.25, 0.3) is 0 Å². The maximum atomic E-state index is 11.7. The van der Waals surface area contributed by atoms with Crippen LogP contribution >= 0.6 is 0 Å². The fraction of sp³-hybridized carbons (Fsp3) is 0.900. The van der Waals surface area contributed by atoms with Crippen LogP contribution in [0.15, 0.2) is 0 Å². The molecule has 2 heteroatoms. The predicted molar refractivity (Wildman–Crippen MR) is 52.2 cm³/mol. The number of carbonyl (C=O) groups excluding carboxylic acids is 1. The molecule has 72 valence electrons. The Kier molecular flexibility index (Phi) is 3.91. The number of rotatable bonds is 4. The van der Waals surface area contributed by atoms with Crippen LogP contribution in [0.1, 0.15) is 27.7 Å². The van der Waals surface area contributed by atoms with Crippen LogP contribution in [-0.2, 0) is 4.79 Å². The number of hydrogen-bond acceptors (Lipinski definition) is 2. The van der Waals surface area contributed by atoms with Crippen molar-refractivity contribution in [3.8, 4) is 0 Å². The van der Waals surface area contributed by atoms with Crippen molar-refractivity contribution in [1.29, 1.82) is 0 Å². The van der Waals surface area contributed by atoms with Gasteiger partial charge in [-0.3, -0.25) is 4.79 Å². The summed E-state index contributed by atoms with van der Waals surface area (Å²) >= 11 is 0. The molecule has 0 aliphatic heterocycles. The molecule has 0 radical (unpaired) electrons. The van der Waals surface area contributed by atoms with E-state index in [4.69, 9.17) is 0 Å². The highest BCUT2D eigenvalue weighted by Gasteiger charge is 2.29. The molecule has 0 atom stereocenters. The normalized spacial score (nSPS) is 12.7. The van der Waals surface area contributed by atoms with E-state index in [0.29, 0.717) is 5.78 Å². The lowest BCUT2D eigenvalue weighted by Crippen LogP contribution is -2.37. The average molecular weight is 171 g/mol. The zero-order chi connectivity index (χ0) is 9.94. The zero-order valence-corrected chi connectivity index (χ0v) is 9.14. The summed E-state index contributed by atoms with van der Waals surface area (Å²) in [5, 5.41) is 0. The van der Waals surface area contributed by atoms with Crippen LogP contribution in [0.3, 0.4) is 0 Å². The van der Waals surface area contributed by atoms with Gasteiger partial charge in [-0.25, -0.2) is 0 Å². The molecular formula is C10H21NO. The number of nitrogens with zero attached hydrogens (tertiary/aromatic N) is 1. The summed E-state index contributed by atoms with van der Waals surface area (Å²) in [6.07, 6.45) is 0. The monoisotopic (exact) mass is 171 g/mol. The second-order valence-corrected chi connectivity index (χ2v) is 4.64. The lowest BCUT2D eigenvalue weighted by Gasteiger charge is -2.28.